The van der Waals surface area contributed by atoms with Gasteiger partial charge in [-0.2, -0.15) is 4.98 Å². The second-order valence-corrected chi connectivity index (χ2v) is 12.0. The number of aromatic amines is 1. The van der Waals surface area contributed by atoms with Crippen LogP contribution in [-0.2, 0) is 19.9 Å². The molecule has 1 saturated heterocycles. The minimum atomic E-state index is -1.10. The number of nitrogens with zero attached hydrogens (tertiary/aromatic N) is 3. The number of aromatic nitrogens is 4. The Labute approximate surface area is 277 Å². The van der Waals surface area contributed by atoms with Crippen molar-refractivity contribution in [3.8, 4) is 11.5 Å². The number of ether oxygens (including phenoxy) is 4. The van der Waals surface area contributed by atoms with E-state index in [0.29, 0.717) is 17.3 Å². The van der Waals surface area contributed by atoms with Crippen molar-refractivity contribution in [3.05, 3.63) is 112 Å². The van der Waals surface area contributed by atoms with Crippen LogP contribution in [0.1, 0.15) is 49.0 Å². The topological polar surface area (TPSA) is 150 Å². The number of imidazole rings is 1. The van der Waals surface area contributed by atoms with Gasteiger partial charge in [0.1, 0.15) is 35.3 Å². The van der Waals surface area contributed by atoms with Crippen LogP contribution in [0.4, 0.5) is 5.95 Å². The first-order valence-corrected chi connectivity index (χ1v) is 15.8. The molecule has 12 nitrogen and oxygen atoms in total. The van der Waals surface area contributed by atoms with Gasteiger partial charge >= 0.3 is 0 Å². The smallest absolute Gasteiger partial charge is 0.280 e. The van der Waals surface area contributed by atoms with Crippen molar-refractivity contribution in [2.75, 3.05) is 26.1 Å². The fourth-order valence-electron chi connectivity index (χ4n) is 6.06. The number of aliphatic hydroxyl groups is 1. The molecule has 5 aromatic rings. The second-order valence-electron chi connectivity index (χ2n) is 12.0. The van der Waals surface area contributed by atoms with Crippen molar-refractivity contribution in [1.29, 1.82) is 0 Å². The summed E-state index contributed by atoms with van der Waals surface area (Å²) in [5.41, 5.74) is 1.32. The number of H-pyrrole nitrogens is 1. The summed E-state index contributed by atoms with van der Waals surface area (Å²) >= 11 is 0. The lowest BCUT2D eigenvalue weighted by Crippen LogP contribution is -2.38. The Morgan fingerprint density at radius 1 is 0.979 bits per heavy atom. The van der Waals surface area contributed by atoms with E-state index in [1.807, 2.05) is 78.9 Å². The maximum Gasteiger partial charge on any atom is 0.280 e. The summed E-state index contributed by atoms with van der Waals surface area (Å²) in [4.78, 5) is 36.8. The van der Waals surface area contributed by atoms with Gasteiger partial charge in [0, 0.05) is 12.3 Å². The molecule has 0 bridgehead atoms. The third-order valence-electron chi connectivity index (χ3n) is 8.62. The Morgan fingerprint density at radius 2 is 1.56 bits per heavy atom. The fraction of sp³-hybridized carbons (Fsp3) is 0.333. The molecule has 1 aliphatic rings. The minimum Gasteiger partial charge on any atom is -0.497 e. The van der Waals surface area contributed by atoms with Crippen LogP contribution in [0.15, 0.2) is 83.7 Å². The van der Waals surface area contributed by atoms with Gasteiger partial charge in [-0.25, -0.2) is 4.98 Å². The molecule has 0 radical (unpaired) electrons. The summed E-state index contributed by atoms with van der Waals surface area (Å²) in [5, 5.41) is 14.0. The monoisotopic (exact) mass is 653 g/mol. The molecule has 0 unspecified atom stereocenters. The van der Waals surface area contributed by atoms with Crippen LogP contribution < -0.4 is 20.3 Å². The lowest BCUT2D eigenvalue weighted by atomic mass is 9.80. The van der Waals surface area contributed by atoms with Crippen LogP contribution >= 0.6 is 0 Å². The molecule has 1 amide bonds. The number of aryl methyl sites for hydroxylation is 1. The molecule has 3 aromatic carbocycles. The van der Waals surface area contributed by atoms with Gasteiger partial charge < -0.3 is 24.1 Å². The molecule has 250 valence electrons. The van der Waals surface area contributed by atoms with Crippen LogP contribution in [-0.4, -0.2) is 63.6 Å². The summed E-state index contributed by atoms with van der Waals surface area (Å²) in [5.74, 6) is 1.29. The van der Waals surface area contributed by atoms with E-state index in [0.717, 1.165) is 16.7 Å². The first-order chi connectivity index (χ1) is 23.1. The molecule has 3 N–H and O–H groups in total. The largest absolute Gasteiger partial charge is 0.497 e. The Morgan fingerprint density at radius 3 is 2.12 bits per heavy atom. The lowest BCUT2D eigenvalue weighted by Gasteiger charge is -2.37. The van der Waals surface area contributed by atoms with Crippen LogP contribution in [0, 0.1) is 12.8 Å². The van der Waals surface area contributed by atoms with Crippen molar-refractivity contribution >= 4 is 23.0 Å². The van der Waals surface area contributed by atoms with Crippen LogP contribution in [0.25, 0.3) is 11.2 Å². The molecule has 6 rings (SSSR count). The predicted octanol–water partition coefficient (Wildman–Crippen LogP) is 4.70. The highest BCUT2D eigenvalue weighted by Gasteiger charge is 2.42. The Balaban J connectivity index is 1.35. The number of carbonyl (C=O) groups excluding carboxylic acids is 1. The van der Waals surface area contributed by atoms with Crippen molar-refractivity contribution in [2.45, 2.75) is 51.2 Å². The lowest BCUT2D eigenvalue weighted by molar-refractivity contribution is -0.118. The number of hydrogen-bond acceptors (Lipinski definition) is 9. The summed E-state index contributed by atoms with van der Waals surface area (Å²) in [7, 11) is 3.24. The van der Waals surface area contributed by atoms with E-state index < -0.39 is 29.6 Å². The third kappa shape index (κ3) is 6.17. The van der Waals surface area contributed by atoms with Gasteiger partial charge in [0.05, 0.1) is 26.9 Å². The predicted molar refractivity (Wildman–Crippen MR) is 179 cm³/mol. The molecule has 2 aromatic heterocycles. The molecule has 1 fully saturated rings. The van der Waals surface area contributed by atoms with E-state index in [-0.39, 0.29) is 42.0 Å². The molecule has 0 aliphatic carbocycles. The van der Waals surface area contributed by atoms with E-state index >= 15 is 0 Å². The van der Waals surface area contributed by atoms with Crippen molar-refractivity contribution in [2.24, 2.45) is 5.92 Å². The SMILES string of the molecule is COc1ccc(C(OC[C@H]2O[C@@H](n3c(C)nc4c(=O)[nH]c(NC(=O)C(C)C)nc43)C[C@@H]2O)(c2ccccc2)c2ccc(OC)cc2)cc1. The number of methoxy groups -OCH3 is 2. The van der Waals surface area contributed by atoms with Gasteiger partial charge in [-0.05, 0) is 47.9 Å². The van der Waals surface area contributed by atoms with E-state index in [4.69, 9.17) is 18.9 Å². The second kappa shape index (κ2) is 13.6. The Kier molecular flexibility index (Phi) is 9.31. The molecule has 0 spiro atoms. The van der Waals surface area contributed by atoms with Gasteiger partial charge in [0.2, 0.25) is 11.9 Å². The van der Waals surface area contributed by atoms with Crippen molar-refractivity contribution in [3.63, 3.8) is 0 Å². The highest BCUT2D eigenvalue weighted by atomic mass is 16.6. The number of nitrogens with one attached hydrogen (secondary N) is 2. The zero-order valence-electron chi connectivity index (χ0n) is 27.5. The average Bonchev–Trinajstić information content (AvgIpc) is 3.63. The summed E-state index contributed by atoms with van der Waals surface area (Å²) in [6.45, 7) is 5.24. The van der Waals surface area contributed by atoms with E-state index in [1.54, 1.807) is 39.6 Å². The molecule has 3 atom stereocenters. The van der Waals surface area contributed by atoms with Gasteiger partial charge in [-0.3, -0.25) is 24.5 Å². The van der Waals surface area contributed by atoms with E-state index in [1.165, 1.54) is 0 Å². The number of rotatable bonds is 11. The molecular weight excluding hydrogens is 614 g/mol. The molecular formula is C36H39N5O7. The highest BCUT2D eigenvalue weighted by molar-refractivity contribution is 5.91. The summed E-state index contributed by atoms with van der Waals surface area (Å²) in [6.07, 6.45) is -2.15. The van der Waals surface area contributed by atoms with E-state index in [2.05, 4.69) is 20.3 Å². The van der Waals surface area contributed by atoms with Crippen LogP contribution in [0.5, 0.6) is 11.5 Å². The van der Waals surface area contributed by atoms with Crippen molar-refractivity contribution in [1.82, 2.24) is 19.5 Å². The normalized spacial score (nSPS) is 17.9. The number of benzene rings is 3. The summed E-state index contributed by atoms with van der Waals surface area (Å²) in [6, 6.07) is 25.3. The van der Waals surface area contributed by atoms with Gasteiger partial charge in [-0.15, -0.1) is 0 Å². The first kappa shape index (κ1) is 32.9. The van der Waals surface area contributed by atoms with Crippen LogP contribution in [0.2, 0.25) is 0 Å². The minimum absolute atomic E-state index is 0.0115. The fourth-order valence-corrected chi connectivity index (χ4v) is 6.06. The van der Waals surface area contributed by atoms with Gasteiger partial charge in [0.25, 0.3) is 5.56 Å². The maximum absolute atomic E-state index is 12.9. The summed E-state index contributed by atoms with van der Waals surface area (Å²) < 4.78 is 26.0. The maximum atomic E-state index is 12.9. The van der Waals surface area contributed by atoms with Crippen LogP contribution in [0.3, 0.4) is 0 Å². The Hall–Kier alpha value is -5.04. The quantitative estimate of drug-likeness (QED) is 0.173. The zero-order valence-corrected chi connectivity index (χ0v) is 27.5. The number of hydrogen-bond donors (Lipinski definition) is 3. The van der Waals surface area contributed by atoms with E-state index in [9.17, 15) is 14.7 Å². The number of fused-ring (bicyclic) bond motifs is 1. The highest BCUT2D eigenvalue weighted by Crippen LogP contribution is 2.43. The molecule has 48 heavy (non-hydrogen) atoms. The third-order valence-corrected chi connectivity index (χ3v) is 8.62. The average molecular weight is 654 g/mol. The molecule has 3 heterocycles. The Bertz CT molecular complexity index is 1890. The van der Waals surface area contributed by atoms with Gasteiger partial charge in [-0.1, -0.05) is 68.4 Å². The first-order valence-electron chi connectivity index (χ1n) is 15.8. The zero-order chi connectivity index (χ0) is 34.0. The molecule has 1 aliphatic heterocycles. The standard InChI is InChI=1S/C36H39N5O7/c1-21(2)33(43)39-35-38-32-31(34(44)40-35)37-22(3)41(32)30-19-28(42)29(48-30)20-47-36(23-9-7-6-8-10-23,24-11-15-26(45-4)16-12-24)25-13-17-27(46-5)18-14-25/h6-18,21,28-30,42H,19-20H2,1-5H3,(H2,38,39,40,43,44)/t28-,29+,30+/m0/s1. The number of carbonyl (C=O) groups is 1. The molecule has 0 saturated carbocycles. The van der Waals surface area contributed by atoms with Gasteiger partial charge in [0.15, 0.2) is 11.2 Å². The molecule has 12 heteroatoms. The van der Waals surface area contributed by atoms with Crippen molar-refractivity contribution < 1.29 is 28.8 Å². The number of aliphatic hydroxyl groups excluding tert-OH is 1. The number of amides is 1. The number of anilines is 1.